The van der Waals surface area contributed by atoms with Crippen LogP contribution in [0.3, 0.4) is 0 Å². The summed E-state index contributed by atoms with van der Waals surface area (Å²) in [5.41, 5.74) is -0.836. The molecule has 0 unspecified atom stereocenters. The second-order valence-corrected chi connectivity index (χ2v) is 3.46. The van der Waals surface area contributed by atoms with Crippen molar-refractivity contribution in [1.29, 1.82) is 0 Å². The second kappa shape index (κ2) is 6.37. The van der Waals surface area contributed by atoms with Gasteiger partial charge in [-0.25, -0.2) is 0 Å². The molecule has 0 aliphatic carbocycles. The predicted octanol–water partition coefficient (Wildman–Crippen LogP) is 0.632. The average molecular weight is 268 g/mol. The highest BCUT2D eigenvalue weighted by atomic mass is 79.9. The highest BCUT2D eigenvalue weighted by Crippen LogP contribution is 2.22. The van der Waals surface area contributed by atoms with Crippen molar-refractivity contribution in [2.45, 2.75) is 31.8 Å². The van der Waals surface area contributed by atoms with Gasteiger partial charge in [0.2, 0.25) is 0 Å². The molecule has 1 fully saturated rings. The van der Waals surface area contributed by atoms with E-state index < -0.39 is 5.60 Å². The van der Waals surface area contributed by atoms with E-state index in [4.69, 9.17) is 4.74 Å². The lowest BCUT2D eigenvalue weighted by atomic mass is 9.89. The van der Waals surface area contributed by atoms with Gasteiger partial charge in [-0.2, -0.15) is 0 Å². The van der Waals surface area contributed by atoms with E-state index in [0.29, 0.717) is 19.4 Å². The molecule has 1 aliphatic rings. The maximum Gasteiger partial charge on any atom is 0.308 e. The van der Waals surface area contributed by atoms with E-state index >= 15 is 0 Å². The molecule has 0 saturated carbocycles. The number of ether oxygens (including phenoxy) is 1. The molecule has 1 rings (SSSR count). The maximum absolute atomic E-state index is 11.1. The van der Waals surface area contributed by atoms with Crippen LogP contribution in [-0.2, 0) is 9.53 Å². The van der Waals surface area contributed by atoms with Crippen molar-refractivity contribution in [2.75, 3.05) is 19.7 Å². The number of carbonyl (C=O) groups is 1. The molecule has 1 aliphatic heterocycles. The molecule has 1 heterocycles. The molecule has 0 amide bonds. The van der Waals surface area contributed by atoms with Gasteiger partial charge in [0.25, 0.3) is 0 Å². The van der Waals surface area contributed by atoms with Crippen molar-refractivity contribution >= 4 is 23.0 Å². The van der Waals surface area contributed by atoms with E-state index in [1.165, 1.54) is 0 Å². The fourth-order valence-corrected chi connectivity index (χ4v) is 1.55. The molecule has 14 heavy (non-hydrogen) atoms. The molecule has 1 saturated heterocycles. The van der Waals surface area contributed by atoms with Crippen LogP contribution in [0.25, 0.3) is 0 Å². The second-order valence-electron chi connectivity index (χ2n) is 3.46. The van der Waals surface area contributed by atoms with Crippen LogP contribution in [0.2, 0.25) is 0 Å². The van der Waals surface area contributed by atoms with Crippen molar-refractivity contribution < 1.29 is 14.6 Å². The van der Waals surface area contributed by atoms with Crippen LogP contribution in [0, 0.1) is 0 Å². The van der Waals surface area contributed by atoms with Crippen molar-refractivity contribution in [3.8, 4) is 0 Å². The van der Waals surface area contributed by atoms with Gasteiger partial charge in [-0.1, -0.05) is 0 Å². The number of esters is 1. The Kier molecular flexibility index (Phi) is 6.31. The van der Waals surface area contributed by atoms with Gasteiger partial charge in [-0.05, 0) is 32.9 Å². The molecule has 0 spiro atoms. The zero-order valence-electron chi connectivity index (χ0n) is 8.41. The molecule has 84 valence electrons. The molecular formula is C9H18BrNO3. The first-order chi connectivity index (χ1) is 6.16. The summed E-state index contributed by atoms with van der Waals surface area (Å²) in [6.45, 7) is 3.70. The Bertz CT molecular complexity index is 181. The first-order valence-electron chi connectivity index (χ1n) is 4.75. The molecule has 0 aromatic heterocycles. The smallest absolute Gasteiger partial charge is 0.308 e. The summed E-state index contributed by atoms with van der Waals surface area (Å²) in [6.07, 6.45) is 1.39. The van der Waals surface area contributed by atoms with Crippen LogP contribution >= 0.6 is 17.0 Å². The van der Waals surface area contributed by atoms with Gasteiger partial charge in [0.05, 0.1) is 18.6 Å². The number of hydrogen-bond donors (Lipinski definition) is 2. The van der Waals surface area contributed by atoms with Crippen LogP contribution < -0.4 is 5.32 Å². The van der Waals surface area contributed by atoms with Gasteiger partial charge in [0.15, 0.2) is 0 Å². The number of halogens is 1. The van der Waals surface area contributed by atoms with Crippen molar-refractivity contribution in [1.82, 2.24) is 5.32 Å². The summed E-state index contributed by atoms with van der Waals surface area (Å²) in [4.78, 5) is 11.1. The highest BCUT2D eigenvalue weighted by molar-refractivity contribution is 8.93. The van der Waals surface area contributed by atoms with Gasteiger partial charge >= 0.3 is 5.97 Å². The van der Waals surface area contributed by atoms with E-state index in [2.05, 4.69) is 5.32 Å². The van der Waals surface area contributed by atoms with Crippen LogP contribution in [0.4, 0.5) is 0 Å². The summed E-state index contributed by atoms with van der Waals surface area (Å²) < 4.78 is 4.79. The zero-order chi connectivity index (χ0) is 9.73. The normalized spacial score (nSPS) is 19.6. The molecule has 5 heteroatoms. The minimum absolute atomic E-state index is 0. The monoisotopic (exact) mass is 267 g/mol. The van der Waals surface area contributed by atoms with E-state index in [0.717, 1.165) is 13.1 Å². The zero-order valence-corrected chi connectivity index (χ0v) is 10.1. The predicted molar refractivity (Wildman–Crippen MR) is 58.6 cm³/mol. The molecule has 0 atom stereocenters. The third kappa shape index (κ3) is 4.39. The van der Waals surface area contributed by atoms with Crippen molar-refractivity contribution in [3.63, 3.8) is 0 Å². The summed E-state index contributed by atoms with van der Waals surface area (Å²) in [5, 5.41) is 13.1. The Morgan fingerprint density at radius 2 is 2.07 bits per heavy atom. The van der Waals surface area contributed by atoms with Gasteiger partial charge in [0, 0.05) is 0 Å². The SMILES string of the molecule is Br.CCOC(=O)CC1(O)CCNCC1. The van der Waals surface area contributed by atoms with Crippen LogP contribution in [-0.4, -0.2) is 36.4 Å². The summed E-state index contributed by atoms with van der Waals surface area (Å²) in [6, 6.07) is 0. The Labute approximate surface area is 94.8 Å². The number of rotatable bonds is 3. The Morgan fingerprint density at radius 3 is 2.57 bits per heavy atom. The van der Waals surface area contributed by atoms with E-state index in [9.17, 15) is 9.90 Å². The first-order valence-corrected chi connectivity index (χ1v) is 4.75. The number of nitrogens with one attached hydrogen (secondary N) is 1. The van der Waals surface area contributed by atoms with Gasteiger partial charge in [-0.15, -0.1) is 17.0 Å². The summed E-state index contributed by atoms with van der Waals surface area (Å²) in [7, 11) is 0. The van der Waals surface area contributed by atoms with Gasteiger partial charge in [0.1, 0.15) is 0 Å². The van der Waals surface area contributed by atoms with Gasteiger partial charge in [-0.3, -0.25) is 4.79 Å². The summed E-state index contributed by atoms with van der Waals surface area (Å²) >= 11 is 0. The van der Waals surface area contributed by atoms with Crippen molar-refractivity contribution in [2.24, 2.45) is 0 Å². The van der Waals surface area contributed by atoms with Crippen LogP contribution in [0.1, 0.15) is 26.2 Å². The minimum atomic E-state index is -0.836. The Balaban J connectivity index is 0.00000169. The molecular weight excluding hydrogens is 250 g/mol. The third-order valence-corrected chi connectivity index (χ3v) is 2.31. The van der Waals surface area contributed by atoms with E-state index in [-0.39, 0.29) is 29.4 Å². The molecule has 0 radical (unpaired) electrons. The number of hydrogen-bond acceptors (Lipinski definition) is 4. The number of carbonyl (C=O) groups excluding carboxylic acids is 1. The lowest BCUT2D eigenvalue weighted by molar-refractivity contribution is -0.149. The van der Waals surface area contributed by atoms with Gasteiger partial charge < -0.3 is 15.2 Å². The Hall–Kier alpha value is -0.130. The number of aliphatic hydroxyl groups is 1. The lowest BCUT2D eigenvalue weighted by Gasteiger charge is -2.31. The molecule has 2 N–H and O–H groups in total. The molecule has 4 nitrogen and oxygen atoms in total. The summed E-state index contributed by atoms with van der Waals surface area (Å²) in [5.74, 6) is -0.299. The quantitative estimate of drug-likeness (QED) is 0.737. The standard InChI is InChI=1S/C9H17NO3.BrH/c1-2-13-8(11)7-9(12)3-5-10-6-4-9;/h10,12H,2-7H2,1H3;1H. The fraction of sp³-hybridized carbons (Fsp3) is 0.889. The highest BCUT2D eigenvalue weighted by Gasteiger charge is 2.32. The third-order valence-electron chi connectivity index (χ3n) is 2.31. The van der Waals surface area contributed by atoms with Crippen molar-refractivity contribution in [3.05, 3.63) is 0 Å². The molecule has 0 aromatic rings. The molecule has 0 aromatic carbocycles. The van der Waals surface area contributed by atoms with Crippen LogP contribution in [0.15, 0.2) is 0 Å². The lowest BCUT2D eigenvalue weighted by Crippen LogP contribution is -2.43. The minimum Gasteiger partial charge on any atom is -0.466 e. The van der Waals surface area contributed by atoms with E-state index in [1.807, 2.05) is 0 Å². The fourth-order valence-electron chi connectivity index (χ4n) is 1.55. The topological polar surface area (TPSA) is 58.6 Å². The average Bonchev–Trinajstić information content (AvgIpc) is 2.04. The largest absolute Gasteiger partial charge is 0.466 e. The number of piperidine rings is 1. The van der Waals surface area contributed by atoms with E-state index in [1.54, 1.807) is 6.92 Å². The van der Waals surface area contributed by atoms with Crippen LogP contribution in [0.5, 0.6) is 0 Å². The Morgan fingerprint density at radius 1 is 1.50 bits per heavy atom. The molecule has 0 bridgehead atoms. The maximum atomic E-state index is 11.1. The first kappa shape index (κ1) is 13.9.